The summed E-state index contributed by atoms with van der Waals surface area (Å²) in [7, 11) is 0. The lowest BCUT2D eigenvalue weighted by molar-refractivity contribution is 0.177. The lowest BCUT2D eigenvalue weighted by Gasteiger charge is -2.32. The smallest absolute Gasteiger partial charge is 0.226 e. The fraction of sp³-hybridized carbons (Fsp3) is 0.600. The molecule has 0 aliphatic carbocycles. The van der Waals surface area contributed by atoms with Crippen LogP contribution in [0.2, 0.25) is 0 Å². The van der Waals surface area contributed by atoms with Crippen molar-refractivity contribution in [1.29, 1.82) is 0 Å². The number of nitrogens with zero attached hydrogens (tertiary/aromatic N) is 3. The molecule has 6 heteroatoms. The molecule has 1 unspecified atom stereocenters. The van der Waals surface area contributed by atoms with E-state index in [2.05, 4.69) is 37.9 Å². The van der Waals surface area contributed by atoms with Gasteiger partial charge in [-0.15, -0.1) is 11.3 Å². The Labute approximate surface area is 129 Å². The Morgan fingerprint density at radius 2 is 2.48 bits per heavy atom. The van der Waals surface area contributed by atoms with Gasteiger partial charge in [0.25, 0.3) is 0 Å². The van der Waals surface area contributed by atoms with E-state index in [1.54, 1.807) is 0 Å². The number of piperidine rings is 1. The van der Waals surface area contributed by atoms with Crippen LogP contribution in [0, 0.1) is 0 Å². The summed E-state index contributed by atoms with van der Waals surface area (Å²) in [5.74, 6) is 1.54. The Morgan fingerprint density at radius 3 is 3.24 bits per heavy atom. The Bertz CT molecular complexity index is 540. The van der Waals surface area contributed by atoms with Gasteiger partial charge in [0.05, 0.1) is 6.54 Å². The molecule has 1 fully saturated rings. The highest BCUT2D eigenvalue weighted by Crippen LogP contribution is 2.14. The molecule has 21 heavy (non-hydrogen) atoms. The molecule has 3 rings (SSSR count). The van der Waals surface area contributed by atoms with Crippen molar-refractivity contribution in [3.63, 3.8) is 0 Å². The summed E-state index contributed by atoms with van der Waals surface area (Å²) < 4.78 is 5.18. The molecule has 114 valence electrons. The maximum absolute atomic E-state index is 5.18. The van der Waals surface area contributed by atoms with Crippen LogP contribution >= 0.6 is 11.3 Å². The molecule has 5 nitrogen and oxygen atoms in total. The minimum Gasteiger partial charge on any atom is -0.339 e. The third-order valence-corrected chi connectivity index (χ3v) is 4.70. The van der Waals surface area contributed by atoms with Crippen LogP contribution in [0.4, 0.5) is 0 Å². The lowest BCUT2D eigenvalue weighted by atomic mass is 10.1. The maximum atomic E-state index is 5.18. The molecule has 1 saturated heterocycles. The highest BCUT2D eigenvalue weighted by atomic mass is 32.1. The van der Waals surface area contributed by atoms with Gasteiger partial charge in [0.15, 0.2) is 5.82 Å². The summed E-state index contributed by atoms with van der Waals surface area (Å²) in [6, 6.07) is 4.85. The standard InChI is InChI=1S/C15H22N4OS/c1-2-15-17-14(18-20-15)11-19-7-3-5-12(10-19)16-9-13-6-4-8-21-13/h4,6,8,12,16H,2-3,5,7,9-11H2,1H3. The molecule has 1 N–H and O–H groups in total. The van der Waals surface area contributed by atoms with Crippen LogP contribution in [0.3, 0.4) is 0 Å². The van der Waals surface area contributed by atoms with Crippen LogP contribution in [0.25, 0.3) is 0 Å². The van der Waals surface area contributed by atoms with E-state index in [1.807, 2.05) is 18.3 Å². The number of hydrogen-bond acceptors (Lipinski definition) is 6. The van der Waals surface area contributed by atoms with Crippen molar-refractivity contribution in [3.05, 3.63) is 34.1 Å². The van der Waals surface area contributed by atoms with E-state index in [0.717, 1.165) is 44.3 Å². The molecule has 2 aromatic rings. The van der Waals surface area contributed by atoms with Crippen molar-refractivity contribution < 1.29 is 4.52 Å². The average molecular weight is 306 g/mol. The quantitative estimate of drug-likeness (QED) is 0.888. The lowest BCUT2D eigenvalue weighted by Crippen LogP contribution is -2.45. The summed E-state index contributed by atoms with van der Waals surface area (Å²) in [4.78, 5) is 8.21. The number of thiophene rings is 1. The SMILES string of the molecule is CCc1nc(CN2CCCC(NCc3cccs3)C2)no1. The van der Waals surface area contributed by atoms with Gasteiger partial charge in [-0.05, 0) is 30.8 Å². The summed E-state index contributed by atoms with van der Waals surface area (Å²) in [5.41, 5.74) is 0. The third kappa shape index (κ3) is 4.12. The molecule has 1 aliphatic heterocycles. The zero-order valence-electron chi connectivity index (χ0n) is 12.4. The largest absolute Gasteiger partial charge is 0.339 e. The van der Waals surface area contributed by atoms with Crippen molar-refractivity contribution in [3.8, 4) is 0 Å². The van der Waals surface area contributed by atoms with Crippen LogP contribution in [-0.2, 0) is 19.5 Å². The number of hydrogen-bond donors (Lipinski definition) is 1. The number of aromatic nitrogens is 2. The Hall–Kier alpha value is -1.24. The molecule has 0 saturated carbocycles. The average Bonchev–Trinajstić information content (AvgIpc) is 3.17. The zero-order valence-corrected chi connectivity index (χ0v) is 13.2. The predicted octanol–water partition coefficient (Wildman–Crippen LogP) is 2.45. The third-order valence-electron chi connectivity index (χ3n) is 3.83. The van der Waals surface area contributed by atoms with Gasteiger partial charge in [0.1, 0.15) is 0 Å². The summed E-state index contributed by atoms with van der Waals surface area (Å²) in [5, 5.41) is 9.84. The summed E-state index contributed by atoms with van der Waals surface area (Å²) in [6.45, 7) is 5.97. The highest BCUT2D eigenvalue weighted by molar-refractivity contribution is 7.09. The summed E-state index contributed by atoms with van der Waals surface area (Å²) >= 11 is 1.81. The van der Waals surface area contributed by atoms with E-state index in [0.29, 0.717) is 6.04 Å². The molecule has 3 heterocycles. The van der Waals surface area contributed by atoms with Gasteiger partial charge < -0.3 is 9.84 Å². The van der Waals surface area contributed by atoms with E-state index in [9.17, 15) is 0 Å². The number of aryl methyl sites for hydroxylation is 1. The van der Waals surface area contributed by atoms with Crippen LogP contribution in [0.15, 0.2) is 22.0 Å². The highest BCUT2D eigenvalue weighted by Gasteiger charge is 2.21. The zero-order chi connectivity index (χ0) is 14.5. The summed E-state index contributed by atoms with van der Waals surface area (Å²) in [6.07, 6.45) is 3.27. The molecule has 2 aromatic heterocycles. The van der Waals surface area contributed by atoms with Crippen LogP contribution in [0.1, 0.15) is 36.4 Å². The molecule has 0 bridgehead atoms. The predicted molar refractivity (Wildman–Crippen MR) is 83.1 cm³/mol. The minimum absolute atomic E-state index is 0.554. The molecule has 1 aliphatic rings. The molecule has 1 atom stereocenters. The molecular weight excluding hydrogens is 284 g/mol. The van der Waals surface area contributed by atoms with Crippen molar-refractivity contribution in [2.45, 2.75) is 45.3 Å². The first-order chi connectivity index (χ1) is 10.3. The molecule has 0 aromatic carbocycles. The van der Waals surface area contributed by atoms with Crippen molar-refractivity contribution >= 4 is 11.3 Å². The van der Waals surface area contributed by atoms with E-state index >= 15 is 0 Å². The first-order valence-corrected chi connectivity index (χ1v) is 8.51. The van der Waals surface area contributed by atoms with Gasteiger partial charge in [-0.2, -0.15) is 4.98 Å². The van der Waals surface area contributed by atoms with Gasteiger partial charge in [-0.1, -0.05) is 18.1 Å². The van der Waals surface area contributed by atoms with Crippen molar-refractivity contribution in [2.24, 2.45) is 0 Å². The van der Waals surface area contributed by atoms with Crippen molar-refractivity contribution in [1.82, 2.24) is 20.4 Å². The second kappa shape index (κ2) is 7.15. The monoisotopic (exact) mass is 306 g/mol. The van der Waals surface area contributed by atoms with Gasteiger partial charge >= 0.3 is 0 Å². The Kier molecular flexibility index (Phi) is 5.00. The van der Waals surface area contributed by atoms with E-state index in [-0.39, 0.29) is 0 Å². The minimum atomic E-state index is 0.554. The number of rotatable bonds is 6. The molecule has 0 spiro atoms. The Balaban J connectivity index is 1.48. The molecule has 0 radical (unpaired) electrons. The first-order valence-electron chi connectivity index (χ1n) is 7.63. The van der Waals surface area contributed by atoms with Gasteiger partial charge in [0.2, 0.25) is 5.89 Å². The number of nitrogens with one attached hydrogen (secondary N) is 1. The fourth-order valence-electron chi connectivity index (χ4n) is 2.72. The Morgan fingerprint density at radius 1 is 1.52 bits per heavy atom. The van der Waals surface area contributed by atoms with Crippen molar-refractivity contribution in [2.75, 3.05) is 13.1 Å². The van der Waals surface area contributed by atoms with Gasteiger partial charge in [0, 0.05) is 30.4 Å². The molecular formula is C15H22N4OS. The molecule has 0 amide bonds. The maximum Gasteiger partial charge on any atom is 0.226 e. The number of likely N-dealkylation sites (tertiary alicyclic amines) is 1. The second-order valence-corrected chi connectivity index (χ2v) is 6.52. The van der Waals surface area contributed by atoms with Crippen LogP contribution < -0.4 is 5.32 Å². The van der Waals surface area contributed by atoms with Crippen LogP contribution in [-0.4, -0.2) is 34.2 Å². The van der Waals surface area contributed by atoms with E-state index < -0.39 is 0 Å². The van der Waals surface area contributed by atoms with E-state index in [4.69, 9.17) is 4.52 Å². The van der Waals surface area contributed by atoms with E-state index in [1.165, 1.54) is 17.7 Å². The fourth-order valence-corrected chi connectivity index (χ4v) is 3.38. The normalized spacial score (nSPS) is 20.0. The second-order valence-electron chi connectivity index (χ2n) is 5.49. The first kappa shape index (κ1) is 14.7. The van der Waals surface area contributed by atoms with Gasteiger partial charge in [-0.3, -0.25) is 4.90 Å². The van der Waals surface area contributed by atoms with Crippen LogP contribution in [0.5, 0.6) is 0 Å². The topological polar surface area (TPSA) is 54.2 Å². The van der Waals surface area contributed by atoms with Gasteiger partial charge in [-0.25, -0.2) is 0 Å².